The van der Waals surface area contributed by atoms with E-state index in [1.54, 1.807) is 4.90 Å². The van der Waals surface area contributed by atoms with Crippen LogP contribution in [0.2, 0.25) is 0 Å². The summed E-state index contributed by atoms with van der Waals surface area (Å²) in [5.41, 5.74) is 7.57. The fourth-order valence-corrected chi connectivity index (χ4v) is 5.02. The molecule has 1 aliphatic rings. The summed E-state index contributed by atoms with van der Waals surface area (Å²) < 4.78 is 2.06. The molecular formula is C32H34N4O2. The second-order valence-corrected chi connectivity index (χ2v) is 10.2. The molecule has 0 radical (unpaired) electrons. The number of fused-ring (bicyclic) bond motifs is 2. The van der Waals surface area contributed by atoms with Crippen molar-refractivity contribution in [1.29, 1.82) is 0 Å². The zero-order valence-electron chi connectivity index (χ0n) is 22.5. The summed E-state index contributed by atoms with van der Waals surface area (Å²) in [7, 11) is 5.84. The number of anilines is 1. The molecule has 0 spiro atoms. The third-order valence-corrected chi connectivity index (χ3v) is 7.28. The van der Waals surface area contributed by atoms with E-state index in [4.69, 9.17) is 0 Å². The van der Waals surface area contributed by atoms with Gasteiger partial charge in [-0.2, -0.15) is 0 Å². The van der Waals surface area contributed by atoms with Gasteiger partial charge in [0.25, 0.3) is 11.8 Å². The Morgan fingerprint density at radius 1 is 0.789 bits per heavy atom. The van der Waals surface area contributed by atoms with Gasteiger partial charge in [-0.25, -0.2) is 0 Å². The third-order valence-electron chi connectivity index (χ3n) is 7.28. The zero-order chi connectivity index (χ0) is 26.8. The molecule has 6 nitrogen and oxygen atoms in total. The predicted molar refractivity (Wildman–Crippen MR) is 153 cm³/mol. The number of aromatic nitrogens is 1. The van der Waals surface area contributed by atoms with E-state index in [1.807, 2.05) is 98.8 Å². The molecular weight excluding hydrogens is 472 g/mol. The van der Waals surface area contributed by atoms with Gasteiger partial charge in [0.2, 0.25) is 0 Å². The van der Waals surface area contributed by atoms with Gasteiger partial charge in [0, 0.05) is 37.1 Å². The van der Waals surface area contributed by atoms with E-state index < -0.39 is 0 Å². The molecule has 0 fully saturated rings. The minimum absolute atomic E-state index is 0.0119. The summed E-state index contributed by atoms with van der Waals surface area (Å²) in [6, 6.07) is 27.9. The van der Waals surface area contributed by atoms with Crippen LogP contribution in [0.1, 0.15) is 37.7 Å². The summed E-state index contributed by atoms with van der Waals surface area (Å²) in [5.74, 6) is -0.0680. The highest BCUT2D eigenvalue weighted by molar-refractivity contribution is 6.07. The zero-order valence-corrected chi connectivity index (χ0v) is 22.5. The van der Waals surface area contributed by atoms with E-state index in [-0.39, 0.29) is 11.8 Å². The lowest BCUT2D eigenvalue weighted by atomic mass is 9.99. The molecule has 5 rings (SSSR count). The minimum Gasteiger partial charge on any atom is -0.339 e. The maximum Gasteiger partial charge on any atom is 0.270 e. The molecule has 0 aliphatic carbocycles. The van der Waals surface area contributed by atoms with Gasteiger partial charge in [-0.05, 0) is 73.6 Å². The molecule has 1 aromatic heterocycles. The first-order chi connectivity index (χ1) is 18.3. The average Bonchev–Trinajstić information content (AvgIpc) is 3.24. The van der Waals surface area contributed by atoms with Crippen molar-refractivity contribution in [2.75, 3.05) is 39.1 Å². The van der Waals surface area contributed by atoms with Crippen molar-refractivity contribution < 1.29 is 9.59 Å². The number of carbonyl (C=O) groups is 2. The Kier molecular flexibility index (Phi) is 7.16. The number of hydrogen-bond donors (Lipinski definition) is 0. The molecule has 0 saturated heterocycles. The number of carbonyl (C=O) groups excluding carboxylic acids is 2. The van der Waals surface area contributed by atoms with Crippen LogP contribution in [0.5, 0.6) is 0 Å². The van der Waals surface area contributed by atoms with Crippen LogP contribution in [-0.4, -0.2) is 60.4 Å². The van der Waals surface area contributed by atoms with Crippen molar-refractivity contribution in [2.45, 2.75) is 20.0 Å². The maximum absolute atomic E-state index is 13.9. The van der Waals surface area contributed by atoms with Crippen LogP contribution < -0.4 is 4.90 Å². The fourth-order valence-electron chi connectivity index (χ4n) is 5.02. The first-order valence-corrected chi connectivity index (χ1v) is 13.0. The molecule has 4 aromatic rings. The molecule has 2 amide bonds. The molecule has 1 aliphatic heterocycles. The second kappa shape index (κ2) is 10.7. The maximum atomic E-state index is 13.9. The number of rotatable bonds is 6. The Bertz CT molecular complexity index is 1470. The number of nitrogens with zero attached hydrogens (tertiary/aromatic N) is 4. The van der Waals surface area contributed by atoms with Gasteiger partial charge in [0.05, 0.1) is 13.1 Å². The summed E-state index contributed by atoms with van der Waals surface area (Å²) in [4.78, 5) is 32.9. The van der Waals surface area contributed by atoms with Crippen LogP contribution in [0.3, 0.4) is 0 Å². The molecule has 3 aromatic carbocycles. The van der Waals surface area contributed by atoms with Gasteiger partial charge < -0.3 is 19.3 Å². The first-order valence-electron chi connectivity index (χ1n) is 13.0. The number of likely N-dealkylation sites (N-methyl/N-ethyl adjacent to an activating group) is 2. The van der Waals surface area contributed by atoms with Crippen LogP contribution in [0.4, 0.5) is 5.69 Å². The summed E-state index contributed by atoms with van der Waals surface area (Å²) in [5, 5.41) is 0. The SMILES string of the molecule is Cc1ccccc1-c1ccc(C(=O)N2Cc3ccc(C(=O)N(C)CCN(C)C)n3Cc3ccccc32)cc1. The Balaban J connectivity index is 1.45. The van der Waals surface area contributed by atoms with Gasteiger partial charge >= 0.3 is 0 Å². The topological polar surface area (TPSA) is 48.8 Å². The minimum atomic E-state index is -0.0561. The normalized spacial score (nSPS) is 12.6. The van der Waals surface area contributed by atoms with E-state index in [0.29, 0.717) is 30.9 Å². The predicted octanol–water partition coefficient (Wildman–Crippen LogP) is 5.31. The Labute approximate surface area is 224 Å². The monoisotopic (exact) mass is 506 g/mol. The van der Waals surface area contributed by atoms with Gasteiger partial charge in [0.1, 0.15) is 5.69 Å². The van der Waals surface area contributed by atoms with Crippen molar-refractivity contribution in [3.05, 3.63) is 113 Å². The van der Waals surface area contributed by atoms with Gasteiger partial charge in [-0.3, -0.25) is 9.59 Å². The number of amides is 2. The fraction of sp³-hybridized carbons (Fsp3) is 0.250. The molecule has 0 atom stereocenters. The lowest BCUT2D eigenvalue weighted by Gasteiger charge is -2.23. The van der Waals surface area contributed by atoms with E-state index in [2.05, 4.69) is 28.5 Å². The summed E-state index contributed by atoms with van der Waals surface area (Å²) in [6.45, 7) is 4.47. The number of para-hydroxylation sites is 1. The smallest absolute Gasteiger partial charge is 0.270 e. The quantitative estimate of drug-likeness (QED) is 0.356. The van der Waals surface area contributed by atoms with E-state index in [9.17, 15) is 9.59 Å². The molecule has 0 bridgehead atoms. The Hall–Kier alpha value is -4.16. The van der Waals surface area contributed by atoms with Gasteiger partial charge in [-0.1, -0.05) is 54.6 Å². The molecule has 6 heteroatoms. The standard InChI is InChI=1S/C32H34N4O2/c1-23-9-5-7-11-28(23)24-13-15-25(16-14-24)31(37)36-22-27-17-18-30(32(38)34(4)20-19-33(2)3)35(27)21-26-10-6-8-12-29(26)36/h5-18H,19-22H2,1-4H3. The molecule has 0 N–H and O–H groups in total. The van der Waals surface area contributed by atoms with Gasteiger partial charge in [0.15, 0.2) is 0 Å². The molecule has 2 heterocycles. The highest BCUT2D eigenvalue weighted by atomic mass is 16.2. The Morgan fingerprint density at radius 3 is 2.24 bits per heavy atom. The average molecular weight is 507 g/mol. The molecule has 0 unspecified atom stereocenters. The van der Waals surface area contributed by atoms with E-state index in [0.717, 1.165) is 34.6 Å². The first kappa shape index (κ1) is 25.5. The van der Waals surface area contributed by atoms with Crippen LogP contribution in [-0.2, 0) is 13.1 Å². The Morgan fingerprint density at radius 2 is 1.50 bits per heavy atom. The highest BCUT2D eigenvalue weighted by Crippen LogP contribution is 2.31. The van der Waals surface area contributed by atoms with Crippen molar-refractivity contribution in [1.82, 2.24) is 14.4 Å². The number of hydrogen-bond acceptors (Lipinski definition) is 3. The highest BCUT2D eigenvalue weighted by Gasteiger charge is 2.28. The molecule has 0 saturated carbocycles. The lowest BCUT2D eigenvalue weighted by Crippen LogP contribution is -2.34. The summed E-state index contributed by atoms with van der Waals surface area (Å²) in [6.07, 6.45) is 0. The van der Waals surface area contributed by atoms with E-state index >= 15 is 0 Å². The van der Waals surface area contributed by atoms with Gasteiger partial charge in [-0.15, -0.1) is 0 Å². The lowest BCUT2D eigenvalue weighted by molar-refractivity contribution is 0.0775. The van der Waals surface area contributed by atoms with Crippen molar-refractivity contribution in [3.63, 3.8) is 0 Å². The molecule has 194 valence electrons. The third kappa shape index (κ3) is 5.00. The largest absolute Gasteiger partial charge is 0.339 e. The van der Waals surface area contributed by atoms with Crippen LogP contribution in [0.25, 0.3) is 11.1 Å². The van der Waals surface area contributed by atoms with Crippen molar-refractivity contribution >= 4 is 17.5 Å². The van der Waals surface area contributed by atoms with Crippen molar-refractivity contribution in [3.8, 4) is 11.1 Å². The number of benzene rings is 3. The second-order valence-electron chi connectivity index (χ2n) is 10.2. The summed E-state index contributed by atoms with van der Waals surface area (Å²) >= 11 is 0. The van der Waals surface area contributed by atoms with E-state index in [1.165, 1.54) is 5.56 Å². The van der Waals surface area contributed by atoms with Crippen LogP contribution in [0.15, 0.2) is 84.9 Å². The molecule has 38 heavy (non-hydrogen) atoms. The van der Waals surface area contributed by atoms with Crippen LogP contribution in [0, 0.1) is 6.92 Å². The van der Waals surface area contributed by atoms with Crippen LogP contribution >= 0.6 is 0 Å². The number of aryl methyl sites for hydroxylation is 1. The van der Waals surface area contributed by atoms with Crippen molar-refractivity contribution in [2.24, 2.45) is 0 Å².